The Bertz CT molecular complexity index is 523. The molecule has 0 radical (unpaired) electrons. The van der Waals surface area contributed by atoms with E-state index in [2.05, 4.69) is 0 Å². The Kier molecular flexibility index (Phi) is 6.14. The number of carbonyl (C=O) groups excluding carboxylic acids is 1. The van der Waals surface area contributed by atoms with E-state index in [0.717, 1.165) is 0 Å². The van der Waals surface area contributed by atoms with Crippen LogP contribution in [0.1, 0.15) is 34.6 Å². The smallest absolute Gasteiger partial charge is 0.365 e. The minimum atomic E-state index is -3.50. The summed E-state index contributed by atoms with van der Waals surface area (Å²) in [5, 5.41) is 0.270. The third kappa shape index (κ3) is 4.67. The van der Waals surface area contributed by atoms with Crippen LogP contribution in [0, 0.1) is 5.41 Å². The van der Waals surface area contributed by atoms with Gasteiger partial charge in [-0.05, 0) is 46.8 Å². The van der Waals surface area contributed by atoms with Gasteiger partial charge in [-0.2, -0.15) is 0 Å². The molecule has 118 valence electrons. The Hall–Kier alpha value is -1.16. The van der Waals surface area contributed by atoms with Gasteiger partial charge in [-0.25, -0.2) is 0 Å². The van der Waals surface area contributed by atoms with Gasteiger partial charge in [0.15, 0.2) is 0 Å². The van der Waals surface area contributed by atoms with Crippen molar-refractivity contribution in [1.82, 2.24) is 0 Å². The summed E-state index contributed by atoms with van der Waals surface area (Å²) in [6, 6.07) is 6.59. The second kappa shape index (κ2) is 7.21. The average molecular weight is 314 g/mol. The first-order valence-corrected chi connectivity index (χ1v) is 8.50. The van der Waals surface area contributed by atoms with Gasteiger partial charge in [0.1, 0.15) is 11.1 Å². The Balaban J connectivity index is 3.19. The number of ether oxygens (including phenoxy) is 1. The molecule has 0 bridgehead atoms. The van der Waals surface area contributed by atoms with Gasteiger partial charge in [0.2, 0.25) is 0 Å². The Morgan fingerprint density at radius 1 is 1.10 bits per heavy atom. The number of benzene rings is 1. The molecule has 6 heteroatoms. The van der Waals surface area contributed by atoms with Crippen molar-refractivity contribution < 1.29 is 23.1 Å². The lowest BCUT2D eigenvalue weighted by atomic mass is 9.97. The summed E-state index contributed by atoms with van der Waals surface area (Å²) < 4.78 is 28.8. The van der Waals surface area contributed by atoms with E-state index < -0.39 is 19.0 Å². The van der Waals surface area contributed by atoms with E-state index in [4.69, 9.17) is 13.8 Å². The number of carbonyl (C=O) groups is 1. The molecule has 0 aliphatic carbocycles. The first-order chi connectivity index (χ1) is 9.74. The predicted octanol–water partition coefficient (Wildman–Crippen LogP) is 3.53. The van der Waals surface area contributed by atoms with Crippen molar-refractivity contribution in [2.75, 3.05) is 13.2 Å². The molecule has 5 nitrogen and oxygen atoms in total. The van der Waals surface area contributed by atoms with Gasteiger partial charge in [-0.15, -0.1) is 0 Å². The second-order valence-electron chi connectivity index (χ2n) is 5.44. The molecular weight excluding hydrogens is 291 g/mol. The molecule has 1 aromatic carbocycles. The summed E-state index contributed by atoms with van der Waals surface area (Å²) in [6.45, 7) is 9.19. The van der Waals surface area contributed by atoms with E-state index in [1.165, 1.54) is 0 Å². The Labute approximate surface area is 126 Å². The second-order valence-corrected chi connectivity index (χ2v) is 7.43. The van der Waals surface area contributed by atoms with E-state index in [1.54, 1.807) is 58.9 Å². The van der Waals surface area contributed by atoms with Gasteiger partial charge in [0.25, 0.3) is 0 Å². The molecular formula is C15H23O5P. The zero-order valence-corrected chi connectivity index (χ0v) is 14.1. The Morgan fingerprint density at radius 3 is 2.10 bits per heavy atom. The number of esters is 1. The van der Waals surface area contributed by atoms with Crippen molar-refractivity contribution in [3.63, 3.8) is 0 Å². The highest BCUT2D eigenvalue weighted by atomic mass is 31.2. The fourth-order valence-electron chi connectivity index (χ4n) is 1.54. The molecule has 1 rings (SSSR count). The molecule has 0 aromatic heterocycles. The first kappa shape index (κ1) is 17.9. The number of para-hydroxylation sites is 1. The molecule has 0 heterocycles. The highest BCUT2D eigenvalue weighted by Gasteiger charge is 2.32. The molecule has 0 unspecified atom stereocenters. The lowest BCUT2D eigenvalue weighted by Gasteiger charge is -2.21. The number of rotatable bonds is 6. The fourth-order valence-corrected chi connectivity index (χ4v) is 3.23. The van der Waals surface area contributed by atoms with Crippen LogP contribution in [-0.4, -0.2) is 19.2 Å². The molecule has 0 saturated heterocycles. The summed E-state index contributed by atoms with van der Waals surface area (Å²) in [4.78, 5) is 12.0. The maximum atomic E-state index is 12.8. The van der Waals surface area contributed by atoms with Crippen molar-refractivity contribution in [2.45, 2.75) is 34.6 Å². The molecule has 0 atom stereocenters. The maximum Gasteiger partial charge on any atom is 0.365 e. The van der Waals surface area contributed by atoms with Crippen LogP contribution < -0.4 is 10.0 Å². The zero-order chi connectivity index (χ0) is 16.1. The highest BCUT2D eigenvalue weighted by Crippen LogP contribution is 2.49. The fraction of sp³-hybridized carbons (Fsp3) is 0.533. The lowest BCUT2D eigenvalue weighted by Crippen LogP contribution is -2.27. The van der Waals surface area contributed by atoms with E-state index in [1.807, 2.05) is 0 Å². The van der Waals surface area contributed by atoms with Crippen molar-refractivity contribution in [3.8, 4) is 5.75 Å². The van der Waals surface area contributed by atoms with Crippen molar-refractivity contribution in [2.24, 2.45) is 5.41 Å². The van der Waals surface area contributed by atoms with Gasteiger partial charge in [-0.3, -0.25) is 9.36 Å². The standard InChI is InChI=1S/C15H23O5P/c1-6-18-21(17,19-7-2)13-11-9-8-10-12(13)20-14(16)15(3,4)5/h8-11H,6-7H2,1-5H3. The summed E-state index contributed by atoms with van der Waals surface area (Å²) >= 11 is 0. The minimum absolute atomic E-state index is 0.211. The average Bonchev–Trinajstić information content (AvgIpc) is 2.38. The van der Waals surface area contributed by atoms with Gasteiger partial charge in [0, 0.05) is 0 Å². The van der Waals surface area contributed by atoms with E-state index >= 15 is 0 Å². The molecule has 0 aliphatic heterocycles. The van der Waals surface area contributed by atoms with Crippen LogP contribution in [0.5, 0.6) is 5.75 Å². The predicted molar refractivity (Wildman–Crippen MR) is 82.0 cm³/mol. The summed E-state index contributed by atoms with van der Waals surface area (Å²) in [6.07, 6.45) is 0. The summed E-state index contributed by atoms with van der Waals surface area (Å²) in [5.41, 5.74) is -0.658. The van der Waals surface area contributed by atoms with Crippen LogP contribution in [-0.2, 0) is 18.4 Å². The largest absolute Gasteiger partial charge is 0.425 e. The maximum absolute atomic E-state index is 12.8. The molecule has 0 aliphatic rings. The van der Waals surface area contributed by atoms with Gasteiger partial charge in [-0.1, -0.05) is 12.1 Å². The van der Waals surface area contributed by atoms with Gasteiger partial charge >= 0.3 is 13.6 Å². The van der Waals surface area contributed by atoms with Crippen LogP contribution in [0.15, 0.2) is 24.3 Å². The first-order valence-electron chi connectivity index (χ1n) is 6.95. The molecule has 21 heavy (non-hydrogen) atoms. The Morgan fingerprint density at radius 2 is 1.62 bits per heavy atom. The summed E-state index contributed by atoms with van der Waals surface area (Å²) in [7, 11) is -3.50. The van der Waals surface area contributed by atoms with Crippen LogP contribution in [0.25, 0.3) is 0 Å². The van der Waals surface area contributed by atoms with Crippen LogP contribution >= 0.6 is 7.60 Å². The molecule has 1 aromatic rings. The van der Waals surface area contributed by atoms with Crippen molar-refractivity contribution >= 4 is 18.9 Å². The molecule has 0 fully saturated rings. The SMILES string of the molecule is CCOP(=O)(OCC)c1ccccc1OC(=O)C(C)(C)C. The third-order valence-corrected chi connectivity index (χ3v) is 4.73. The van der Waals surface area contributed by atoms with Crippen LogP contribution in [0.4, 0.5) is 0 Å². The monoisotopic (exact) mass is 314 g/mol. The van der Waals surface area contributed by atoms with Crippen LogP contribution in [0.2, 0.25) is 0 Å². The quantitative estimate of drug-likeness (QED) is 0.456. The minimum Gasteiger partial charge on any atom is -0.425 e. The highest BCUT2D eigenvalue weighted by molar-refractivity contribution is 7.62. The van der Waals surface area contributed by atoms with Crippen molar-refractivity contribution in [1.29, 1.82) is 0 Å². The molecule has 0 spiro atoms. The van der Waals surface area contributed by atoms with Gasteiger partial charge in [0.05, 0.1) is 18.6 Å². The molecule has 0 saturated carbocycles. The number of hydrogen-bond acceptors (Lipinski definition) is 5. The van der Waals surface area contributed by atoms with Crippen molar-refractivity contribution in [3.05, 3.63) is 24.3 Å². The third-order valence-electron chi connectivity index (χ3n) is 2.57. The zero-order valence-electron chi connectivity index (χ0n) is 13.2. The molecule has 0 amide bonds. The number of hydrogen-bond donors (Lipinski definition) is 0. The van der Waals surface area contributed by atoms with E-state index in [9.17, 15) is 9.36 Å². The van der Waals surface area contributed by atoms with E-state index in [-0.39, 0.29) is 24.3 Å². The van der Waals surface area contributed by atoms with Crippen LogP contribution in [0.3, 0.4) is 0 Å². The lowest BCUT2D eigenvalue weighted by molar-refractivity contribution is -0.142. The summed E-state index contributed by atoms with van der Waals surface area (Å²) in [5.74, 6) is -0.197. The molecule has 0 N–H and O–H groups in total. The normalized spacial score (nSPS) is 12.2. The topological polar surface area (TPSA) is 61.8 Å². The van der Waals surface area contributed by atoms with Gasteiger partial charge < -0.3 is 13.8 Å². The van der Waals surface area contributed by atoms with E-state index in [0.29, 0.717) is 0 Å².